The molecule has 12 nitrogen and oxygen atoms in total. The maximum Gasteiger partial charge on any atom is 0.338 e. The number of methoxy groups -OCH3 is 1. The first-order valence-corrected chi connectivity index (χ1v) is 11.1. The number of nitro groups is 1. The molecule has 0 bridgehead atoms. The van der Waals surface area contributed by atoms with Gasteiger partial charge in [-0.15, -0.1) is 0 Å². The number of anilines is 1. The molecule has 34 heavy (non-hydrogen) atoms. The molecule has 2 aromatic carbocycles. The van der Waals surface area contributed by atoms with Crippen molar-refractivity contribution in [3.63, 3.8) is 0 Å². The van der Waals surface area contributed by atoms with Crippen molar-refractivity contribution < 1.29 is 36.8 Å². The van der Waals surface area contributed by atoms with Crippen LogP contribution in [0.25, 0.3) is 0 Å². The maximum atomic E-state index is 12.3. The highest BCUT2D eigenvalue weighted by molar-refractivity contribution is 7.89. The minimum absolute atomic E-state index is 0.00760. The molecule has 0 aliphatic carbocycles. The number of hydrogen-bond donors (Lipinski definition) is 2. The Morgan fingerprint density at radius 2 is 1.85 bits per heavy atom. The number of esters is 1. The third kappa shape index (κ3) is 6.17. The number of carbonyl (C=O) groups excluding carboxylic acids is 2. The quantitative estimate of drug-likeness (QED) is 0.247. The van der Waals surface area contributed by atoms with Gasteiger partial charge in [0.2, 0.25) is 10.0 Å². The van der Waals surface area contributed by atoms with Gasteiger partial charge in [-0.25, -0.2) is 17.9 Å². The lowest BCUT2D eigenvalue weighted by Gasteiger charge is -2.09. The van der Waals surface area contributed by atoms with Crippen LogP contribution in [0.15, 0.2) is 70.2 Å². The van der Waals surface area contributed by atoms with E-state index in [-0.39, 0.29) is 28.4 Å². The number of nitrogens with one attached hydrogen (secondary N) is 2. The molecule has 13 heteroatoms. The average molecular weight is 489 g/mol. The molecule has 0 aliphatic heterocycles. The molecule has 178 valence electrons. The van der Waals surface area contributed by atoms with Crippen LogP contribution in [-0.4, -0.2) is 38.9 Å². The summed E-state index contributed by atoms with van der Waals surface area (Å²) in [4.78, 5) is 34.7. The molecule has 3 rings (SSSR count). The van der Waals surface area contributed by atoms with E-state index in [4.69, 9.17) is 13.9 Å². The van der Waals surface area contributed by atoms with Crippen molar-refractivity contribution in [3.05, 3.63) is 82.3 Å². The number of nitro benzene ring substituents is 1. The largest absolute Gasteiger partial charge is 0.496 e. The number of ether oxygens (including phenoxy) is 2. The summed E-state index contributed by atoms with van der Waals surface area (Å²) in [6.07, 6.45) is 1.42. The van der Waals surface area contributed by atoms with Gasteiger partial charge in [0.25, 0.3) is 11.6 Å². The number of sulfonamides is 1. The molecular formula is C21H19N3O9S. The van der Waals surface area contributed by atoms with Crippen LogP contribution in [0.1, 0.15) is 16.1 Å². The molecular weight excluding hydrogens is 470 g/mol. The first-order valence-electron chi connectivity index (χ1n) is 9.61. The SMILES string of the molecule is COc1ccc(NC(=O)COC(=O)c2ccc(S(=O)(=O)NCc3ccco3)cc2)c([N+](=O)[O-])c1. The molecule has 0 aliphatic rings. The van der Waals surface area contributed by atoms with E-state index in [2.05, 4.69) is 10.0 Å². The van der Waals surface area contributed by atoms with Crippen LogP contribution < -0.4 is 14.8 Å². The summed E-state index contributed by atoms with van der Waals surface area (Å²) in [5.41, 5.74) is -0.479. The van der Waals surface area contributed by atoms with E-state index in [0.717, 1.165) is 6.07 Å². The fourth-order valence-electron chi connectivity index (χ4n) is 2.73. The van der Waals surface area contributed by atoms with Crippen molar-refractivity contribution in [2.24, 2.45) is 0 Å². The second-order valence-corrected chi connectivity index (χ2v) is 8.46. The fraction of sp³-hybridized carbons (Fsp3) is 0.143. The molecule has 0 radical (unpaired) electrons. The lowest BCUT2D eigenvalue weighted by Crippen LogP contribution is -2.23. The van der Waals surface area contributed by atoms with Crippen molar-refractivity contribution in [2.75, 3.05) is 19.0 Å². The van der Waals surface area contributed by atoms with Gasteiger partial charge in [-0.2, -0.15) is 0 Å². The van der Waals surface area contributed by atoms with Crippen LogP contribution in [0.2, 0.25) is 0 Å². The summed E-state index contributed by atoms with van der Waals surface area (Å²) in [6, 6.07) is 12.0. The van der Waals surface area contributed by atoms with Gasteiger partial charge in [0, 0.05) is 0 Å². The minimum atomic E-state index is -3.85. The molecule has 1 aromatic heterocycles. The average Bonchev–Trinajstić information content (AvgIpc) is 3.35. The normalized spacial score (nSPS) is 11.0. The molecule has 0 spiro atoms. The third-order valence-corrected chi connectivity index (χ3v) is 5.84. The molecule has 2 N–H and O–H groups in total. The third-order valence-electron chi connectivity index (χ3n) is 4.43. The molecule has 0 fully saturated rings. The second-order valence-electron chi connectivity index (χ2n) is 6.69. The van der Waals surface area contributed by atoms with E-state index in [1.165, 1.54) is 49.8 Å². The van der Waals surface area contributed by atoms with Gasteiger partial charge in [-0.3, -0.25) is 14.9 Å². The van der Waals surface area contributed by atoms with E-state index in [9.17, 15) is 28.1 Å². The highest BCUT2D eigenvalue weighted by Gasteiger charge is 2.19. The highest BCUT2D eigenvalue weighted by atomic mass is 32.2. The zero-order chi connectivity index (χ0) is 24.7. The summed E-state index contributed by atoms with van der Waals surface area (Å²) in [5, 5.41) is 13.5. The van der Waals surface area contributed by atoms with Crippen molar-refractivity contribution in [2.45, 2.75) is 11.4 Å². The Balaban J connectivity index is 1.57. The lowest BCUT2D eigenvalue weighted by molar-refractivity contribution is -0.384. The monoisotopic (exact) mass is 489 g/mol. The van der Waals surface area contributed by atoms with Crippen LogP contribution in [0.3, 0.4) is 0 Å². The first-order chi connectivity index (χ1) is 16.2. The van der Waals surface area contributed by atoms with E-state index in [0.29, 0.717) is 5.76 Å². The lowest BCUT2D eigenvalue weighted by atomic mass is 10.2. The Labute approximate surface area is 193 Å². The van der Waals surface area contributed by atoms with Crippen molar-refractivity contribution in [1.29, 1.82) is 0 Å². The van der Waals surface area contributed by atoms with Crippen LogP contribution in [0.5, 0.6) is 5.75 Å². The van der Waals surface area contributed by atoms with Gasteiger partial charge in [0.15, 0.2) is 6.61 Å². The van der Waals surface area contributed by atoms with Gasteiger partial charge in [-0.05, 0) is 48.5 Å². The molecule has 3 aromatic rings. The topological polar surface area (TPSA) is 167 Å². The Morgan fingerprint density at radius 1 is 1.12 bits per heavy atom. The zero-order valence-corrected chi connectivity index (χ0v) is 18.5. The number of amides is 1. The Kier molecular flexibility index (Phi) is 7.60. The number of carbonyl (C=O) groups is 2. The summed E-state index contributed by atoms with van der Waals surface area (Å²) >= 11 is 0. The fourth-order valence-corrected chi connectivity index (χ4v) is 3.72. The van der Waals surface area contributed by atoms with E-state index in [1.54, 1.807) is 12.1 Å². The molecule has 0 saturated heterocycles. The summed E-state index contributed by atoms with van der Waals surface area (Å²) in [7, 11) is -2.50. The Bertz CT molecular complexity index is 1290. The molecule has 1 amide bonds. The first kappa shape index (κ1) is 24.4. The molecule has 0 unspecified atom stereocenters. The zero-order valence-electron chi connectivity index (χ0n) is 17.7. The minimum Gasteiger partial charge on any atom is -0.496 e. The van der Waals surface area contributed by atoms with Crippen LogP contribution in [0.4, 0.5) is 11.4 Å². The predicted molar refractivity (Wildman–Crippen MR) is 118 cm³/mol. The van der Waals surface area contributed by atoms with E-state index >= 15 is 0 Å². The van der Waals surface area contributed by atoms with Crippen molar-refractivity contribution >= 4 is 33.3 Å². The Morgan fingerprint density at radius 3 is 2.47 bits per heavy atom. The second kappa shape index (κ2) is 10.6. The van der Waals surface area contributed by atoms with Gasteiger partial charge >= 0.3 is 5.97 Å². The van der Waals surface area contributed by atoms with Crippen LogP contribution in [-0.2, 0) is 26.1 Å². The van der Waals surface area contributed by atoms with E-state index in [1.807, 2.05) is 0 Å². The molecule has 0 atom stereocenters. The van der Waals surface area contributed by atoms with Crippen LogP contribution >= 0.6 is 0 Å². The predicted octanol–water partition coefficient (Wildman–Crippen LogP) is 2.47. The highest BCUT2D eigenvalue weighted by Crippen LogP contribution is 2.28. The standard InChI is InChI=1S/C21H19N3O9S/c1-31-15-6-9-18(19(11-15)24(27)28)23-20(25)13-33-21(26)14-4-7-17(8-5-14)34(29,30)22-12-16-3-2-10-32-16/h2-11,22H,12-13H2,1H3,(H,23,25). The van der Waals surface area contributed by atoms with E-state index < -0.39 is 39.1 Å². The number of nitrogens with zero attached hydrogens (tertiary/aromatic N) is 1. The van der Waals surface area contributed by atoms with Crippen molar-refractivity contribution in [1.82, 2.24) is 4.72 Å². The summed E-state index contributed by atoms with van der Waals surface area (Å²) in [6.45, 7) is -0.757. The van der Waals surface area contributed by atoms with Gasteiger partial charge in [-0.1, -0.05) is 0 Å². The Hall–Kier alpha value is -4.23. The number of hydrogen-bond acceptors (Lipinski definition) is 9. The maximum absolute atomic E-state index is 12.3. The number of benzene rings is 2. The number of furan rings is 1. The van der Waals surface area contributed by atoms with Crippen molar-refractivity contribution in [3.8, 4) is 5.75 Å². The van der Waals surface area contributed by atoms with Gasteiger partial charge in [0.1, 0.15) is 17.2 Å². The summed E-state index contributed by atoms with van der Waals surface area (Å²) < 4.78 is 41.9. The smallest absolute Gasteiger partial charge is 0.338 e. The molecule has 1 heterocycles. The number of rotatable bonds is 10. The van der Waals surface area contributed by atoms with Gasteiger partial charge < -0.3 is 19.2 Å². The van der Waals surface area contributed by atoms with Crippen LogP contribution in [0, 0.1) is 10.1 Å². The summed E-state index contributed by atoms with van der Waals surface area (Å²) in [5.74, 6) is -1.02. The molecule has 0 saturated carbocycles. The van der Waals surface area contributed by atoms with Gasteiger partial charge in [0.05, 0.1) is 41.4 Å².